The molecule has 2 saturated heterocycles. The molecular weight excluding hydrogens is 502 g/mol. The van der Waals surface area contributed by atoms with E-state index >= 15 is 0 Å². The largest absolute Gasteiger partial charge is 0.322 e. The van der Waals surface area contributed by atoms with Crippen LogP contribution in [0.1, 0.15) is 103 Å². The van der Waals surface area contributed by atoms with Crippen LogP contribution in [0.4, 0.5) is 0 Å². The summed E-state index contributed by atoms with van der Waals surface area (Å²) in [4.78, 5) is 41.2. The zero-order valence-corrected chi connectivity index (χ0v) is 23.2. The topological polar surface area (TPSA) is 98.4 Å². The molecule has 40 heavy (non-hydrogen) atoms. The first-order chi connectivity index (χ1) is 19.4. The first-order valence-electron chi connectivity index (χ1n) is 15.5. The van der Waals surface area contributed by atoms with E-state index in [-0.39, 0.29) is 24.1 Å². The van der Waals surface area contributed by atoms with Crippen molar-refractivity contribution in [3.8, 4) is 0 Å². The number of hydrogen-bond acceptors (Lipinski definition) is 5. The van der Waals surface area contributed by atoms with E-state index in [2.05, 4.69) is 33.5 Å². The van der Waals surface area contributed by atoms with Gasteiger partial charge in [0.15, 0.2) is 0 Å². The molecule has 0 spiro atoms. The van der Waals surface area contributed by atoms with Crippen LogP contribution in [0.3, 0.4) is 0 Å². The van der Waals surface area contributed by atoms with E-state index < -0.39 is 6.04 Å². The lowest BCUT2D eigenvalue weighted by atomic mass is 9.49. The van der Waals surface area contributed by atoms with E-state index in [1.54, 1.807) is 4.90 Å². The quantitative estimate of drug-likeness (QED) is 0.558. The average molecular weight is 542 g/mol. The number of benzene rings is 1. The van der Waals surface area contributed by atoms with Gasteiger partial charge >= 0.3 is 0 Å². The number of H-pyrrole nitrogens is 1. The summed E-state index contributed by atoms with van der Waals surface area (Å²) in [6.45, 7) is 3.48. The molecule has 1 atom stereocenters. The Morgan fingerprint density at radius 2 is 1.65 bits per heavy atom. The Kier molecular flexibility index (Phi) is 5.74. The molecule has 9 rings (SSSR count). The van der Waals surface area contributed by atoms with Crippen molar-refractivity contribution in [3.63, 3.8) is 0 Å². The molecule has 4 aliphatic carbocycles. The number of aromatic amines is 1. The summed E-state index contributed by atoms with van der Waals surface area (Å²) in [6, 6.07) is 8.08. The molecule has 1 unspecified atom stereocenters. The van der Waals surface area contributed by atoms with E-state index in [0.717, 1.165) is 55.8 Å². The highest BCUT2D eigenvalue weighted by Crippen LogP contribution is 2.60. The third-order valence-corrected chi connectivity index (χ3v) is 11.2. The Bertz CT molecular complexity index is 1340. The summed E-state index contributed by atoms with van der Waals surface area (Å²) < 4.78 is 0. The summed E-state index contributed by atoms with van der Waals surface area (Å²) in [5, 5.41) is 10.7. The summed E-state index contributed by atoms with van der Waals surface area (Å²) in [6.07, 6.45) is 11.3. The third kappa shape index (κ3) is 4.13. The van der Waals surface area contributed by atoms with Gasteiger partial charge in [-0.05, 0) is 118 Å². The minimum absolute atomic E-state index is 0.0988. The fraction of sp³-hybridized carbons (Fsp3) is 0.625. The molecule has 6 fully saturated rings. The van der Waals surface area contributed by atoms with Crippen LogP contribution in [0, 0.1) is 17.8 Å². The molecule has 8 nitrogen and oxygen atoms in total. The molecule has 4 bridgehead atoms. The van der Waals surface area contributed by atoms with E-state index in [0.29, 0.717) is 29.9 Å². The first-order valence-corrected chi connectivity index (χ1v) is 15.5. The van der Waals surface area contributed by atoms with Gasteiger partial charge in [0, 0.05) is 36.2 Å². The van der Waals surface area contributed by atoms with Crippen molar-refractivity contribution < 1.29 is 14.4 Å². The molecular formula is C32H39N5O3. The Morgan fingerprint density at radius 3 is 2.35 bits per heavy atom. The minimum atomic E-state index is -0.560. The maximum Gasteiger partial charge on any atom is 0.255 e. The van der Waals surface area contributed by atoms with Crippen molar-refractivity contribution in [2.75, 3.05) is 13.1 Å². The van der Waals surface area contributed by atoms with Crippen molar-refractivity contribution in [3.05, 3.63) is 52.3 Å². The zero-order valence-electron chi connectivity index (χ0n) is 23.2. The number of rotatable bonds is 5. The number of fused-ring (bicyclic) bond motifs is 1. The van der Waals surface area contributed by atoms with Crippen molar-refractivity contribution in [1.82, 2.24) is 25.3 Å². The van der Waals surface area contributed by atoms with Crippen LogP contribution in [0.25, 0.3) is 0 Å². The maximum absolute atomic E-state index is 13.1. The smallest absolute Gasteiger partial charge is 0.255 e. The highest BCUT2D eigenvalue weighted by atomic mass is 16.2. The highest BCUT2D eigenvalue weighted by Gasteiger charge is 2.52. The van der Waals surface area contributed by atoms with Crippen molar-refractivity contribution in [2.24, 2.45) is 17.8 Å². The number of imide groups is 1. The van der Waals surface area contributed by atoms with Crippen molar-refractivity contribution >= 4 is 17.7 Å². The van der Waals surface area contributed by atoms with E-state index in [1.807, 2.05) is 6.07 Å². The number of hydrogen-bond donors (Lipinski definition) is 2. The number of likely N-dealkylation sites (tertiary alicyclic amines) is 1. The fourth-order valence-electron chi connectivity index (χ4n) is 9.65. The number of carbonyl (C=O) groups excluding carboxylic acids is 3. The highest BCUT2D eigenvalue weighted by molar-refractivity contribution is 6.05. The van der Waals surface area contributed by atoms with E-state index in [4.69, 9.17) is 5.10 Å². The van der Waals surface area contributed by atoms with Crippen LogP contribution >= 0.6 is 0 Å². The second-order valence-corrected chi connectivity index (χ2v) is 13.8. The first kappa shape index (κ1) is 24.8. The van der Waals surface area contributed by atoms with Gasteiger partial charge < -0.3 is 4.90 Å². The van der Waals surface area contributed by atoms with Crippen molar-refractivity contribution in [1.29, 1.82) is 0 Å². The minimum Gasteiger partial charge on any atom is -0.322 e. The van der Waals surface area contributed by atoms with Crippen LogP contribution in [0.15, 0.2) is 24.3 Å². The van der Waals surface area contributed by atoms with Crippen LogP contribution in [0.2, 0.25) is 0 Å². The number of amides is 3. The van der Waals surface area contributed by atoms with Gasteiger partial charge in [-0.3, -0.25) is 29.7 Å². The van der Waals surface area contributed by atoms with Crippen LogP contribution in [0.5, 0.6) is 0 Å². The van der Waals surface area contributed by atoms with Gasteiger partial charge in [-0.15, -0.1) is 0 Å². The molecule has 7 aliphatic rings. The molecule has 2 N–H and O–H groups in total. The molecule has 8 heteroatoms. The van der Waals surface area contributed by atoms with Gasteiger partial charge in [-0.1, -0.05) is 12.1 Å². The van der Waals surface area contributed by atoms with Gasteiger partial charge in [-0.25, -0.2) is 0 Å². The van der Waals surface area contributed by atoms with Gasteiger partial charge in [0.2, 0.25) is 11.8 Å². The van der Waals surface area contributed by atoms with Gasteiger partial charge in [-0.2, -0.15) is 5.10 Å². The molecule has 3 amide bonds. The lowest BCUT2D eigenvalue weighted by Crippen LogP contribution is -2.52. The fourth-order valence-corrected chi connectivity index (χ4v) is 9.65. The lowest BCUT2D eigenvalue weighted by molar-refractivity contribution is -0.136. The molecule has 1 aromatic heterocycles. The van der Waals surface area contributed by atoms with Gasteiger partial charge in [0.05, 0.1) is 5.69 Å². The normalized spacial score (nSPS) is 34.0. The molecule has 1 aromatic carbocycles. The molecule has 2 aromatic rings. The van der Waals surface area contributed by atoms with Crippen LogP contribution < -0.4 is 5.32 Å². The zero-order chi connectivity index (χ0) is 27.0. The second-order valence-electron chi connectivity index (χ2n) is 13.8. The number of aromatic nitrogens is 2. The monoisotopic (exact) mass is 541 g/mol. The number of piperidine rings is 2. The van der Waals surface area contributed by atoms with E-state index in [9.17, 15) is 14.4 Å². The molecule has 4 heterocycles. The number of nitrogens with zero attached hydrogens (tertiary/aromatic N) is 3. The van der Waals surface area contributed by atoms with E-state index in [1.165, 1.54) is 55.5 Å². The second kappa shape index (κ2) is 9.26. The van der Waals surface area contributed by atoms with Crippen molar-refractivity contribution in [2.45, 2.75) is 94.7 Å². The van der Waals surface area contributed by atoms with Crippen LogP contribution in [-0.2, 0) is 28.1 Å². The SMILES string of the molecule is O=C1CCC(N2Cc3cc(C4CCN(Cc5cc(C67CC8C[C@H](C6)C[C@H](C8)C7)n[nH]5)CC4)ccc3C2=O)C(=O)N1. The Morgan fingerprint density at radius 1 is 0.925 bits per heavy atom. The van der Waals surface area contributed by atoms with Gasteiger partial charge in [0.1, 0.15) is 6.04 Å². The predicted octanol–water partition coefficient (Wildman–Crippen LogP) is 4.02. The standard InChI is InChI=1S/C32H39N5O3/c38-29-4-3-27(30(39)33-29)37-17-24-12-23(1-2-26(24)31(37)40)22-5-7-36(8-6-22)18-25-13-28(35-34-25)32-14-19-9-20(15-32)11-21(10-19)16-32/h1-2,12-13,19-22,27H,3-11,14-18H2,(H,34,35)(H,33,38,39)/t19-,20-,21?,27?,32?/m1/s1. The Labute approximate surface area is 235 Å². The predicted molar refractivity (Wildman–Crippen MR) is 148 cm³/mol. The number of carbonyl (C=O) groups is 3. The lowest BCUT2D eigenvalue weighted by Gasteiger charge is -2.56. The average Bonchev–Trinajstić information content (AvgIpc) is 3.53. The summed E-state index contributed by atoms with van der Waals surface area (Å²) >= 11 is 0. The maximum atomic E-state index is 13.1. The Hall–Kier alpha value is -3.00. The molecule has 3 aliphatic heterocycles. The third-order valence-electron chi connectivity index (χ3n) is 11.2. The molecule has 4 saturated carbocycles. The number of nitrogens with one attached hydrogen (secondary N) is 2. The molecule has 210 valence electrons. The summed E-state index contributed by atoms with van der Waals surface area (Å²) in [5.74, 6) is 2.57. The Balaban J connectivity index is 0.892. The summed E-state index contributed by atoms with van der Waals surface area (Å²) in [7, 11) is 0. The summed E-state index contributed by atoms with van der Waals surface area (Å²) in [5.41, 5.74) is 5.94. The molecule has 0 radical (unpaired) electrons. The van der Waals surface area contributed by atoms with Crippen LogP contribution in [-0.4, -0.2) is 56.9 Å². The van der Waals surface area contributed by atoms with Gasteiger partial charge in [0.25, 0.3) is 5.91 Å².